The monoisotopic (exact) mass is 302 g/mol. The van der Waals surface area contributed by atoms with E-state index < -0.39 is 6.10 Å². The van der Waals surface area contributed by atoms with E-state index in [1.807, 2.05) is 6.07 Å². The van der Waals surface area contributed by atoms with Crippen LogP contribution in [-0.4, -0.2) is 24.4 Å². The topological polar surface area (TPSA) is 65.3 Å². The molecule has 0 radical (unpaired) electrons. The molecule has 0 fully saturated rings. The quantitative estimate of drug-likeness (QED) is 0.860. The van der Waals surface area contributed by atoms with Crippen LogP contribution in [0.1, 0.15) is 5.56 Å². The fourth-order valence-electron chi connectivity index (χ4n) is 1.74. The maximum atomic E-state index is 9.89. The lowest BCUT2D eigenvalue weighted by atomic mass is 10.2. The third-order valence-corrected chi connectivity index (χ3v) is 3.08. The molecular formula is C16H15ClN2O2. The highest BCUT2D eigenvalue weighted by Gasteiger charge is 2.07. The fraction of sp³-hybridized carbons (Fsp3) is 0.188. The van der Waals surface area contributed by atoms with Gasteiger partial charge in [0.1, 0.15) is 24.5 Å². The largest absolute Gasteiger partial charge is 0.491 e. The van der Waals surface area contributed by atoms with E-state index in [0.29, 0.717) is 28.6 Å². The van der Waals surface area contributed by atoms with Crippen LogP contribution in [0.3, 0.4) is 0 Å². The summed E-state index contributed by atoms with van der Waals surface area (Å²) in [6.45, 7) is 0.454. The van der Waals surface area contributed by atoms with Crippen molar-refractivity contribution < 1.29 is 9.84 Å². The SMILES string of the molecule is N#Cc1ccccc1NCC(O)COc1ccc(Cl)cc1. The van der Waals surface area contributed by atoms with Gasteiger partial charge in [-0.25, -0.2) is 0 Å². The van der Waals surface area contributed by atoms with Crippen molar-refractivity contribution in [2.24, 2.45) is 0 Å². The molecule has 108 valence electrons. The van der Waals surface area contributed by atoms with Crippen LogP contribution in [0.2, 0.25) is 5.02 Å². The predicted molar refractivity (Wildman–Crippen MR) is 82.6 cm³/mol. The summed E-state index contributed by atoms with van der Waals surface area (Å²) in [7, 11) is 0. The Morgan fingerprint density at radius 2 is 1.90 bits per heavy atom. The zero-order valence-corrected chi connectivity index (χ0v) is 12.0. The Morgan fingerprint density at radius 1 is 1.19 bits per heavy atom. The molecule has 2 rings (SSSR count). The predicted octanol–water partition coefficient (Wildman–Crippen LogP) is 3.06. The Kier molecular flexibility index (Phi) is 5.44. The van der Waals surface area contributed by atoms with Crippen molar-refractivity contribution in [3.05, 3.63) is 59.1 Å². The van der Waals surface area contributed by atoms with Gasteiger partial charge in [-0.15, -0.1) is 0 Å². The Hall–Kier alpha value is -2.22. The molecule has 1 atom stereocenters. The molecule has 0 aliphatic rings. The number of benzene rings is 2. The van der Waals surface area contributed by atoms with Crippen LogP contribution in [-0.2, 0) is 0 Å². The molecule has 0 aliphatic carbocycles. The normalized spacial score (nSPS) is 11.5. The minimum atomic E-state index is -0.688. The number of nitriles is 1. The van der Waals surface area contributed by atoms with Gasteiger partial charge in [0.25, 0.3) is 0 Å². The summed E-state index contributed by atoms with van der Waals surface area (Å²) in [5.74, 6) is 0.649. The Balaban J connectivity index is 1.81. The first-order valence-electron chi connectivity index (χ1n) is 6.48. The first kappa shape index (κ1) is 15.2. The van der Waals surface area contributed by atoms with Crippen LogP contribution in [0.5, 0.6) is 5.75 Å². The molecule has 2 aromatic rings. The molecule has 2 aromatic carbocycles. The Morgan fingerprint density at radius 3 is 2.62 bits per heavy atom. The van der Waals surface area contributed by atoms with Gasteiger partial charge in [0.2, 0.25) is 0 Å². The summed E-state index contributed by atoms with van der Waals surface area (Å²) in [5.41, 5.74) is 1.24. The molecule has 0 amide bonds. The van der Waals surface area contributed by atoms with Crippen LogP contribution < -0.4 is 10.1 Å². The molecule has 21 heavy (non-hydrogen) atoms. The van der Waals surface area contributed by atoms with Crippen LogP contribution in [0.15, 0.2) is 48.5 Å². The molecule has 0 saturated carbocycles. The highest BCUT2D eigenvalue weighted by Crippen LogP contribution is 2.16. The van der Waals surface area contributed by atoms with E-state index in [1.54, 1.807) is 42.5 Å². The van der Waals surface area contributed by atoms with Crippen molar-refractivity contribution in [3.63, 3.8) is 0 Å². The molecule has 0 bridgehead atoms. The van der Waals surface area contributed by atoms with E-state index >= 15 is 0 Å². The molecule has 5 heteroatoms. The second-order valence-electron chi connectivity index (χ2n) is 4.46. The molecule has 2 N–H and O–H groups in total. The number of halogens is 1. The van der Waals surface area contributed by atoms with Gasteiger partial charge in [-0.05, 0) is 36.4 Å². The molecule has 4 nitrogen and oxygen atoms in total. The molecule has 0 saturated heterocycles. The number of aliphatic hydroxyl groups excluding tert-OH is 1. The second kappa shape index (κ2) is 7.53. The Labute approximate surface area is 128 Å². The van der Waals surface area contributed by atoms with Crippen molar-refractivity contribution in [3.8, 4) is 11.8 Å². The van der Waals surface area contributed by atoms with Gasteiger partial charge in [-0.3, -0.25) is 0 Å². The summed E-state index contributed by atoms with van der Waals surface area (Å²) in [5, 5.41) is 22.5. The highest BCUT2D eigenvalue weighted by atomic mass is 35.5. The van der Waals surface area contributed by atoms with Gasteiger partial charge < -0.3 is 15.2 Å². The minimum Gasteiger partial charge on any atom is -0.491 e. The van der Waals surface area contributed by atoms with Gasteiger partial charge >= 0.3 is 0 Å². The zero-order chi connectivity index (χ0) is 15.1. The van der Waals surface area contributed by atoms with E-state index in [4.69, 9.17) is 21.6 Å². The smallest absolute Gasteiger partial charge is 0.119 e. The third-order valence-electron chi connectivity index (χ3n) is 2.83. The van der Waals surface area contributed by atoms with Crippen LogP contribution in [0.4, 0.5) is 5.69 Å². The second-order valence-corrected chi connectivity index (χ2v) is 4.89. The van der Waals surface area contributed by atoms with Crippen LogP contribution >= 0.6 is 11.6 Å². The number of rotatable bonds is 6. The Bertz CT molecular complexity index is 623. The third kappa shape index (κ3) is 4.67. The number of anilines is 1. The lowest BCUT2D eigenvalue weighted by Gasteiger charge is -2.14. The number of para-hydroxylation sites is 1. The molecule has 1 unspecified atom stereocenters. The van der Waals surface area contributed by atoms with Crippen LogP contribution in [0.25, 0.3) is 0 Å². The van der Waals surface area contributed by atoms with Gasteiger partial charge in [0, 0.05) is 11.6 Å². The van der Waals surface area contributed by atoms with Crippen molar-refractivity contribution in [2.75, 3.05) is 18.5 Å². The summed E-state index contributed by atoms with van der Waals surface area (Å²) < 4.78 is 5.45. The summed E-state index contributed by atoms with van der Waals surface area (Å²) in [4.78, 5) is 0. The maximum Gasteiger partial charge on any atom is 0.119 e. The standard InChI is InChI=1S/C16H15ClN2O2/c17-13-5-7-15(8-6-13)21-11-14(20)10-19-16-4-2-1-3-12(16)9-18/h1-8,14,19-20H,10-11H2. The number of hydrogen-bond donors (Lipinski definition) is 2. The minimum absolute atomic E-state index is 0.156. The summed E-state index contributed by atoms with van der Waals surface area (Å²) in [6.07, 6.45) is -0.688. The maximum absolute atomic E-state index is 9.89. The van der Waals surface area contributed by atoms with Crippen molar-refractivity contribution in [2.45, 2.75) is 6.10 Å². The van der Waals surface area contributed by atoms with Gasteiger partial charge in [-0.2, -0.15) is 5.26 Å². The van der Waals surface area contributed by atoms with Gasteiger partial charge in [0.15, 0.2) is 0 Å². The van der Waals surface area contributed by atoms with E-state index in [9.17, 15) is 5.11 Å². The zero-order valence-electron chi connectivity index (χ0n) is 11.3. The molecule has 0 aromatic heterocycles. The average Bonchev–Trinajstić information content (AvgIpc) is 2.52. The van der Waals surface area contributed by atoms with Crippen LogP contribution in [0, 0.1) is 11.3 Å². The van der Waals surface area contributed by atoms with E-state index in [2.05, 4.69) is 11.4 Å². The van der Waals surface area contributed by atoms with Gasteiger partial charge in [-0.1, -0.05) is 23.7 Å². The number of ether oxygens (including phenoxy) is 1. The average molecular weight is 303 g/mol. The van der Waals surface area contributed by atoms with Crippen molar-refractivity contribution >= 4 is 17.3 Å². The van der Waals surface area contributed by atoms with Crippen molar-refractivity contribution in [1.29, 1.82) is 5.26 Å². The number of nitrogens with one attached hydrogen (secondary N) is 1. The lowest BCUT2D eigenvalue weighted by Crippen LogP contribution is -2.26. The highest BCUT2D eigenvalue weighted by molar-refractivity contribution is 6.30. The summed E-state index contributed by atoms with van der Waals surface area (Å²) >= 11 is 5.78. The van der Waals surface area contributed by atoms with E-state index in [0.717, 1.165) is 0 Å². The van der Waals surface area contributed by atoms with E-state index in [1.165, 1.54) is 0 Å². The number of nitrogens with zero attached hydrogens (tertiary/aromatic N) is 1. The summed E-state index contributed by atoms with van der Waals surface area (Å²) in [6, 6.07) is 16.2. The van der Waals surface area contributed by atoms with E-state index in [-0.39, 0.29) is 6.61 Å². The van der Waals surface area contributed by atoms with Crippen molar-refractivity contribution in [1.82, 2.24) is 0 Å². The fourth-order valence-corrected chi connectivity index (χ4v) is 1.87. The number of hydrogen-bond acceptors (Lipinski definition) is 4. The molecule has 0 spiro atoms. The molecule has 0 aliphatic heterocycles. The first-order chi connectivity index (χ1) is 10.2. The molecule has 0 heterocycles. The molecular weight excluding hydrogens is 288 g/mol. The first-order valence-corrected chi connectivity index (χ1v) is 6.86. The van der Waals surface area contributed by atoms with Gasteiger partial charge in [0.05, 0.1) is 11.3 Å². The lowest BCUT2D eigenvalue weighted by molar-refractivity contribution is 0.117. The number of aliphatic hydroxyl groups is 1.